The fourth-order valence-corrected chi connectivity index (χ4v) is 3.08. The standard InChI is InChI=1S/C16H18ClNOS/c1-10-6-5-7-11(15(10)17)12(19)8-14-18-13(9-20-14)16(2,3)4/h5-7,9H,8H2,1-4H3. The Morgan fingerprint density at radius 1 is 1.35 bits per heavy atom. The molecular formula is C16H18ClNOS. The summed E-state index contributed by atoms with van der Waals surface area (Å²) in [5.41, 5.74) is 2.55. The van der Waals surface area contributed by atoms with Gasteiger partial charge in [-0.25, -0.2) is 4.98 Å². The van der Waals surface area contributed by atoms with E-state index in [0.29, 0.717) is 17.0 Å². The zero-order chi connectivity index (χ0) is 14.9. The Hall–Kier alpha value is -1.19. The highest BCUT2D eigenvalue weighted by Crippen LogP contribution is 2.26. The molecule has 0 saturated heterocycles. The van der Waals surface area contributed by atoms with Crippen molar-refractivity contribution in [2.24, 2.45) is 0 Å². The molecule has 0 atom stereocenters. The molecule has 0 aliphatic rings. The molecule has 1 heterocycles. The summed E-state index contributed by atoms with van der Waals surface area (Å²) in [6, 6.07) is 5.53. The van der Waals surface area contributed by atoms with Gasteiger partial charge in [-0.05, 0) is 18.6 Å². The average Bonchev–Trinajstić information content (AvgIpc) is 2.81. The van der Waals surface area contributed by atoms with Crippen LogP contribution in [0.1, 0.15) is 47.4 Å². The third kappa shape index (κ3) is 3.28. The Balaban J connectivity index is 2.20. The molecule has 0 fully saturated rings. The molecular weight excluding hydrogens is 290 g/mol. The second kappa shape index (κ2) is 5.66. The number of benzene rings is 1. The van der Waals surface area contributed by atoms with Gasteiger partial charge in [-0.15, -0.1) is 11.3 Å². The van der Waals surface area contributed by atoms with E-state index in [9.17, 15) is 4.79 Å². The van der Waals surface area contributed by atoms with E-state index in [4.69, 9.17) is 11.6 Å². The number of carbonyl (C=O) groups is 1. The molecule has 2 rings (SSSR count). The van der Waals surface area contributed by atoms with E-state index in [-0.39, 0.29) is 11.2 Å². The van der Waals surface area contributed by atoms with E-state index < -0.39 is 0 Å². The second-order valence-corrected chi connectivity index (χ2v) is 7.23. The van der Waals surface area contributed by atoms with Crippen LogP contribution in [0, 0.1) is 6.92 Å². The number of rotatable bonds is 3. The first-order chi connectivity index (χ1) is 9.29. The molecule has 1 aromatic heterocycles. The number of thiazole rings is 1. The minimum Gasteiger partial charge on any atom is -0.294 e. The molecule has 2 aromatic rings. The third-order valence-electron chi connectivity index (χ3n) is 3.12. The van der Waals surface area contributed by atoms with Crippen LogP contribution in [0.2, 0.25) is 5.02 Å². The molecule has 2 nitrogen and oxygen atoms in total. The first-order valence-electron chi connectivity index (χ1n) is 6.52. The SMILES string of the molecule is Cc1cccc(C(=O)Cc2nc(C(C)(C)C)cs2)c1Cl. The fourth-order valence-electron chi connectivity index (χ4n) is 1.83. The largest absolute Gasteiger partial charge is 0.294 e. The van der Waals surface area contributed by atoms with Crippen LogP contribution in [-0.4, -0.2) is 10.8 Å². The van der Waals surface area contributed by atoms with E-state index in [1.54, 1.807) is 6.07 Å². The van der Waals surface area contributed by atoms with Gasteiger partial charge in [0, 0.05) is 16.4 Å². The van der Waals surface area contributed by atoms with Gasteiger partial charge in [0.05, 0.1) is 17.1 Å². The van der Waals surface area contributed by atoms with Gasteiger partial charge in [-0.3, -0.25) is 4.79 Å². The highest BCUT2D eigenvalue weighted by molar-refractivity contribution is 7.09. The van der Waals surface area contributed by atoms with Gasteiger partial charge in [0.2, 0.25) is 0 Å². The summed E-state index contributed by atoms with van der Waals surface area (Å²) in [6.45, 7) is 8.25. The number of carbonyl (C=O) groups excluding carboxylic acids is 1. The fraction of sp³-hybridized carbons (Fsp3) is 0.375. The molecule has 0 bridgehead atoms. The molecule has 106 valence electrons. The number of aryl methyl sites for hydroxylation is 1. The summed E-state index contributed by atoms with van der Waals surface area (Å²) < 4.78 is 0. The summed E-state index contributed by atoms with van der Waals surface area (Å²) >= 11 is 7.73. The monoisotopic (exact) mass is 307 g/mol. The molecule has 20 heavy (non-hydrogen) atoms. The number of halogens is 1. The van der Waals surface area contributed by atoms with Crippen LogP contribution < -0.4 is 0 Å². The third-order valence-corrected chi connectivity index (χ3v) is 4.47. The second-order valence-electron chi connectivity index (χ2n) is 5.91. The predicted octanol–water partition coefficient (Wildman–Crippen LogP) is 4.83. The quantitative estimate of drug-likeness (QED) is 0.760. The summed E-state index contributed by atoms with van der Waals surface area (Å²) in [5.74, 6) is 0.0218. The van der Waals surface area contributed by atoms with E-state index in [2.05, 4.69) is 25.8 Å². The molecule has 0 aliphatic heterocycles. The van der Waals surface area contributed by atoms with Crippen LogP contribution in [0.25, 0.3) is 0 Å². The van der Waals surface area contributed by atoms with Crippen LogP contribution in [0.5, 0.6) is 0 Å². The lowest BCUT2D eigenvalue weighted by molar-refractivity contribution is 0.0993. The minimum atomic E-state index is 0.0127. The highest BCUT2D eigenvalue weighted by atomic mass is 35.5. The maximum atomic E-state index is 12.3. The Morgan fingerprint density at radius 2 is 2.05 bits per heavy atom. The van der Waals surface area contributed by atoms with Gasteiger partial charge >= 0.3 is 0 Å². The lowest BCUT2D eigenvalue weighted by atomic mass is 9.93. The number of Topliss-reactive ketones (excluding diaryl/α,β-unsaturated/α-hetero) is 1. The van der Waals surface area contributed by atoms with Crippen LogP contribution >= 0.6 is 22.9 Å². The van der Waals surface area contributed by atoms with E-state index in [1.807, 2.05) is 24.4 Å². The zero-order valence-electron chi connectivity index (χ0n) is 12.2. The Kier molecular flexibility index (Phi) is 4.31. The maximum Gasteiger partial charge on any atom is 0.171 e. The van der Waals surface area contributed by atoms with Crippen molar-refractivity contribution in [1.29, 1.82) is 0 Å². The van der Waals surface area contributed by atoms with E-state index >= 15 is 0 Å². The van der Waals surface area contributed by atoms with E-state index in [0.717, 1.165) is 16.3 Å². The van der Waals surface area contributed by atoms with Crippen LogP contribution in [0.4, 0.5) is 0 Å². The molecule has 0 N–H and O–H groups in total. The first kappa shape index (κ1) is 15.2. The van der Waals surface area contributed by atoms with Crippen molar-refractivity contribution in [1.82, 2.24) is 4.98 Å². The minimum absolute atomic E-state index is 0.0127. The van der Waals surface area contributed by atoms with Gasteiger partial charge in [0.25, 0.3) is 0 Å². The molecule has 1 aromatic carbocycles. The molecule has 0 aliphatic carbocycles. The number of nitrogens with zero attached hydrogens (tertiary/aromatic N) is 1. The van der Waals surface area contributed by atoms with Crippen molar-refractivity contribution < 1.29 is 4.79 Å². The van der Waals surface area contributed by atoms with Crippen molar-refractivity contribution in [2.75, 3.05) is 0 Å². The number of ketones is 1. The van der Waals surface area contributed by atoms with Crippen LogP contribution in [0.3, 0.4) is 0 Å². The Bertz CT molecular complexity index is 640. The number of aromatic nitrogens is 1. The van der Waals surface area contributed by atoms with Gasteiger partial charge < -0.3 is 0 Å². The summed E-state index contributed by atoms with van der Waals surface area (Å²) in [7, 11) is 0. The molecule has 0 spiro atoms. The summed E-state index contributed by atoms with van der Waals surface area (Å²) in [6.07, 6.45) is 0.309. The Morgan fingerprint density at radius 3 is 2.65 bits per heavy atom. The van der Waals surface area contributed by atoms with Crippen LogP contribution in [-0.2, 0) is 11.8 Å². The first-order valence-corrected chi connectivity index (χ1v) is 7.78. The van der Waals surface area contributed by atoms with E-state index in [1.165, 1.54) is 11.3 Å². The van der Waals surface area contributed by atoms with Gasteiger partial charge in [-0.1, -0.05) is 44.5 Å². The van der Waals surface area contributed by atoms with Crippen molar-refractivity contribution in [3.63, 3.8) is 0 Å². The molecule has 0 unspecified atom stereocenters. The van der Waals surface area contributed by atoms with Crippen molar-refractivity contribution in [2.45, 2.75) is 39.5 Å². The zero-order valence-corrected chi connectivity index (χ0v) is 13.7. The van der Waals surface area contributed by atoms with Crippen molar-refractivity contribution >= 4 is 28.7 Å². The summed E-state index contributed by atoms with van der Waals surface area (Å²) in [5, 5.41) is 3.42. The molecule has 4 heteroatoms. The molecule has 0 radical (unpaired) electrons. The normalized spacial score (nSPS) is 11.7. The molecule has 0 saturated carbocycles. The van der Waals surface area contributed by atoms with Crippen LogP contribution in [0.15, 0.2) is 23.6 Å². The Labute approximate surface area is 128 Å². The average molecular weight is 308 g/mol. The van der Waals surface area contributed by atoms with Crippen molar-refractivity contribution in [3.05, 3.63) is 50.4 Å². The van der Waals surface area contributed by atoms with Crippen molar-refractivity contribution in [3.8, 4) is 0 Å². The topological polar surface area (TPSA) is 30.0 Å². The number of hydrogen-bond donors (Lipinski definition) is 0. The van der Waals surface area contributed by atoms with Gasteiger partial charge in [0.1, 0.15) is 5.01 Å². The number of hydrogen-bond acceptors (Lipinski definition) is 3. The summed E-state index contributed by atoms with van der Waals surface area (Å²) in [4.78, 5) is 16.9. The highest BCUT2D eigenvalue weighted by Gasteiger charge is 2.19. The predicted molar refractivity (Wildman–Crippen MR) is 85.0 cm³/mol. The van der Waals surface area contributed by atoms with Gasteiger partial charge in [-0.2, -0.15) is 0 Å². The lowest BCUT2D eigenvalue weighted by Crippen LogP contribution is -2.12. The molecule has 0 amide bonds. The van der Waals surface area contributed by atoms with Gasteiger partial charge in [0.15, 0.2) is 5.78 Å². The lowest BCUT2D eigenvalue weighted by Gasteiger charge is -2.14. The maximum absolute atomic E-state index is 12.3. The smallest absolute Gasteiger partial charge is 0.171 e.